The molecule has 0 unspecified atom stereocenters. The van der Waals surface area contributed by atoms with Crippen LogP contribution in [0.5, 0.6) is 0 Å². The molecule has 0 radical (unpaired) electrons. The molecule has 3 rings (SSSR count). The maximum atomic E-state index is 12.7. The Bertz CT molecular complexity index is 893. The molecule has 0 saturated heterocycles. The van der Waals surface area contributed by atoms with Gasteiger partial charge in [0.1, 0.15) is 5.76 Å². The van der Waals surface area contributed by atoms with Gasteiger partial charge in [-0.15, -0.1) is 11.3 Å². The number of hydrogen-bond donors (Lipinski definition) is 1. The summed E-state index contributed by atoms with van der Waals surface area (Å²) in [6.45, 7) is 1.26. The number of thiazole rings is 1. The third-order valence-electron chi connectivity index (χ3n) is 3.99. The van der Waals surface area contributed by atoms with Gasteiger partial charge in [-0.05, 0) is 24.3 Å². The number of rotatable bonds is 9. The SMILES string of the molecule is COCCN(Cc1ccco1)C(=O)Cc1csc(NC(=O)c2ccccc2)n1. The third kappa shape index (κ3) is 5.51. The molecule has 3 aromatic rings. The molecule has 0 atom stereocenters. The number of carbonyl (C=O) groups is 2. The van der Waals surface area contributed by atoms with Gasteiger partial charge in [0.25, 0.3) is 5.91 Å². The zero-order chi connectivity index (χ0) is 19.8. The smallest absolute Gasteiger partial charge is 0.257 e. The molecule has 2 heterocycles. The predicted octanol–water partition coefficient (Wildman–Crippen LogP) is 3.21. The van der Waals surface area contributed by atoms with Crippen molar-refractivity contribution in [2.75, 3.05) is 25.6 Å². The Hall–Kier alpha value is -2.97. The first-order chi connectivity index (χ1) is 13.7. The Morgan fingerprint density at radius 2 is 2.04 bits per heavy atom. The normalized spacial score (nSPS) is 10.6. The van der Waals surface area contributed by atoms with Crippen LogP contribution in [0.4, 0.5) is 5.13 Å². The van der Waals surface area contributed by atoms with Crippen molar-refractivity contribution >= 4 is 28.3 Å². The number of aromatic nitrogens is 1. The summed E-state index contributed by atoms with van der Waals surface area (Å²) in [6, 6.07) is 12.5. The summed E-state index contributed by atoms with van der Waals surface area (Å²) in [7, 11) is 1.59. The lowest BCUT2D eigenvalue weighted by atomic mass is 10.2. The van der Waals surface area contributed by atoms with Gasteiger partial charge < -0.3 is 14.1 Å². The van der Waals surface area contributed by atoms with Gasteiger partial charge in [0.15, 0.2) is 5.13 Å². The molecule has 0 aliphatic rings. The molecule has 2 aromatic heterocycles. The number of nitrogens with zero attached hydrogens (tertiary/aromatic N) is 2. The number of anilines is 1. The number of carbonyl (C=O) groups excluding carboxylic acids is 2. The van der Waals surface area contributed by atoms with Crippen LogP contribution in [0, 0.1) is 0 Å². The van der Waals surface area contributed by atoms with Gasteiger partial charge in [0.05, 0.1) is 31.5 Å². The Balaban J connectivity index is 1.60. The molecule has 146 valence electrons. The third-order valence-corrected chi connectivity index (χ3v) is 4.79. The van der Waals surface area contributed by atoms with Crippen molar-refractivity contribution in [1.29, 1.82) is 0 Å². The van der Waals surface area contributed by atoms with E-state index in [1.807, 2.05) is 12.1 Å². The summed E-state index contributed by atoms with van der Waals surface area (Å²) in [5, 5.41) is 5.00. The molecule has 0 fully saturated rings. The van der Waals surface area contributed by atoms with Crippen LogP contribution in [0.1, 0.15) is 21.8 Å². The van der Waals surface area contributed by atoms with E-state index in [4.69, 9.17) is 9.15 Å². The maximum absolute atomic E-state index is 12.7. The number of furan rings is 1. The first kappa shape index (κ1) is 19.8. The number of hydrogen-bond acceptors (Lipinski definition) is 6. The van der Waals surface area contributed by atoms with Gasteiger partial charge in [-0.1, -0.05) is 18.2 Å². The summed E-state index contributed by atoms with van der Waals surface area (Å²) in [6.07, 6.45) is 1.72. The van der Waals surface area contributed by atoms with Crippen molar-refractivity contribution in [3.63, 3.8) is 0 Å². The number of benzene rings is 1. The van der Waals surface area contributed by atoms with E-state index in [1.165, 1.54) is 11.3 Å². The van der Waals surface area contributed by atoms with E-state index in [0.29, 0.717) is 41.8 Å². The first-order valence-corrected chi connectivity index (χ1v) is 9.63. The summed E-state index contributed by atoms with van der Waals surface area (Å²) in [4.78, 5) is 30.9. The van der Waals surface area contributed by atoms with Gasteiger partial charge in [-0.2, -0.15) is 0 Å². The van der Waals surface area contributed by atoms with Gasteiger partial charge in [-0.25, -0.2) is 4.98 Å². The van der Waals surface area contributed by atoms with E-state index < -0.39 is 0 Å². The van der Waals surface area contributed by atoms with Crippen LogP contribution in [0.15, 0.2) is 58.5 Å². The van der Waals surface area contributed by atoms with Crippen LogP contribution in [-0.4, -0.2) is 42.0 Å². The minimum atomic E-state index is -0.229. The molecule has 7 nitrogen and oxygen atoms in total. The quantitative estimate of drug-likeness (QED) is 0.597. The first-order valence-electron chi connectivity index (χ1n) is 8.75. The molecule has 1 N–H and O–H groups in total. The Kier molecular flexibility index (Phi) is 6.94. The maximum Gasteiger partial charge on any atom is 0.257 e. The highest BCUT2D eigenvalue weighted by molar-refractivity contribution is 7.14. The number of ether oxygens (including phenoxy) is 1. The van der Waals surface area contributed by atoms with Crippen molar-refractivity contribution in [1.82, 2.24) is 9.88 Å². The second-order valence-corrected chi connectivity index (χ2v) is 6.89. The molecule has 28 heavy (non-hydrogen) atoms. The highest BCUT2D eigenvalue weighted by Crippen LogP contribution is 2.18. The van der Waals surface area contributed by atoms with Gasteiger partial charge >= 0.3 is 0 Å². The average Bonchev–Trinajstić information content (AvgIpc) is 3.37. The van der Waals surface area contributed by atoms with Crippen LogP contribution < -0.4 is 5.32 Å². The van der Waals surface area contributed by atoms with E-state index in [-0.39, 0.29) is 18.2 Å². The molecule has 0 bridgehead atoms. The second-order valence-electron chi connectivity index (χ2n) is 6.03. The molecular weight excluding hydrogens is 378 g/mol. The summed E-state index contributed by atoms with van der Waals surface area (Å²) < 4.78 is 10.4. The molecule has 0 saturated carbocycles. The zero-order valence-electron chi connectivity index (χ0n) is 15.5. The highest BCUT2D eigenvalue weighted by Gasteiger charge is 2.18. The summed E-state index contributed by atoms with van der Waals surface area (Å²) in [5.41, 5.74) is 1.17. The van der Waals surface area contributed by atoms with Gasteiger partial charge in [-0.3, -0.25) is 14.9 Å². The largest absolute Gasteiger partial charge is 0.467 e. The fourth-order valence-electron chi connectivity index (χ4n) is 2.56. The monoisotopic (exact) mass is 399 g/mol. The fourth-order valence-corrected chi connectivity index (χ4v) is 3.26. The Morgan fingerprint density at radius 3 is 2.75 bits per heavy atom. The van der Waals surface area contributed by atoms with Crippen molar-refractivity contribution in [3.8, 4) is 0 Å². The van der Waals surface area contributed by atoms with Crippen LogP contribution in [0.25, 0.3) is 0 Å². The number of nitrogens with one attached hydrogen (secondary N) is 1. The molecule has 0 aliphatic heterocycles. The van der Waals surface area contributed by atoms with Gasteiger partial charge in [0.2, 0.25) is 5.91 Å². The summed E-state index contributed by atoms with van der Waals surface area (Å²) >= 11 is 1.29. The fraction of sp³-hybridized carbons (Fsp3) is 0.250. The predicted molar refractivity (Wildman–Crippen MR) is 106 cm³/mol. The molecule has 0 aliphatic carbocycles. The van der Waals surface area contributed by atoms with E-state index in [9.17, 15) is 9.59 Å². The number of amides is 2. The second kappa shape index (κ2) is 9.82. The Morgan fingerprint density at radius 1 is 1.21 bits per heavy atom. The lowest BCUT2D eigenvalue weighted by Gasteiger charge is -2.21. The van der Waals surface area contributed by atoms with Crippen molar-refractivity contribution in [2.24, 2.45) is 0 Å². The molecular formula is C20H21N3O4S. The molecule has 8 heteroatoms. The minimum absolute atomic E-state index is 0.0836. The molecule has 1 aromatic carbocycles. The van der Waals surface area contributed by atoms with Gasteiger partial charge in [0, 0.05) is 24.6 Å². The van der Waals surface area contributed by atoms with Crippen LogP contribution in [0.2, 0.25) is 0 Å². The van der Waals surface area contributed by atoms with E-state index >= 15 is 0 Å². The van der Waals surface area contributed by atoms with Crippen molar-refractivity contribution in [3.05, 3.63) is 71.1 Å². The van der Waals surface area contributed by atoms with Crippen molar-refractivity contribution < 1.29 is 18.7 Å². The number of methoxy groups -OCH3 is 1. The zero-order valence-corrected chi connectivity index (χ0v) is 16.3. The average molecular weight is 399 g/mol. The lowest BCUT2D eigenvalue weighted by molar-refractivity contribution is -0.132. The lowest BCUT2D eigenvalue weighted by Crippen LogP contribution is -2.34. The van der Waals surface area contributed by atoms with E-state index in [0.717, 1.165) is 0 Å². The highest BCUT2D eigenvalue weighted by atomic mass is 32.1. The van der Waals surface area contributed by atoms with Crippen LogP contribution in [-0.2, 0) is 22.5 Å². The summed E-state index contributed by atoms with van der Waals surface area (Å²) in [5.74, 6) is 0.394. The van der Waals surface area contributed by atoms with Crippen molar-refractivity contribution in [2.45, 2.75) is 13.0 Å². The topological polar surface area (TPSA) is 84.7 Å². The van der Waals surface area contributed by atoms with E-state index in [2.05, 4.69) is 10.3 Å². The van der Waals surface area contributed by atoms with Crippen LogP contribution in [0.3, 0.4) is 0 Å². The minimum Gasteiger partial charge on any atom is -0.467 e. The standard InChI is InChI=1S/C20H21N3O4S/c1-26-11-9-23(13-17-8-5-10-27-17)18(24)12-16-14-28-20(21-16)22-19(25)15-6-3-2-4-7-15/h2-8,10,14H,9,11-13H2,1H3,(H,21,22,25). The van der Waals surface area contributed by atoms with Crippen LogP contribution >= 0.6 is 11.3 Å². The van der Waals surface area contributed by atoms with E-state index in [1.54, 1.807) is 54.0 Å². The molecule has 2 amide bonds. The molecule has 0 spiro atoms. The Labute approximate surface area is 167 Å².